The standard InChI is InChI=1S/C26H26N8O3/c1-37-24-16(13-27)5-2-7-18(24)19-11-20(33-25(28)32-19)21(34-29)15-30-14-17-6-3-8-22(31-17)26(9-4-10-26)12-23(35)36/h2-3,5-8,11,15H,4,9-10,12,14,29H2,1H3,(H,35,36)(H2,28,32,33). The van der Waals surface area contributed by atoms with E-state index in [4.69, 9.17) is 16.3 Å². The number of aliphatic carboxylic acids is 1. The van der Waals surface area contributed by atoms with Gasteiger partial charge in [-0.25, -0.2) is 9.97 Å². The second kappa shape index (κ2) is 10.8. The van der Waals surface area contributed by atoms with E-state index in [9.17, 15) is 15.2 Å². The number of hydrazone groups is 1. The summed E-state index contributed by atoms with van der Waals surface area (Å²) >= 11 is 0. The van der Waals surface area contributed by atoms with E-state index in [1.807, 2.05) is 18.2 Å². The van der Waals surface area contributed by atoms with Crippen LogP contribution in [-0.4, -0.2) is 45.1 Å². The van der Waals surface area contributed by atoms with Crippen LogP contribution in [0.5, 0.6) is 5.75 Å². The Balaban J connectivity index is 1.57. The van der Waals surface area contributed by atoms with Crippen molar-refractivity contribution >= 4 is 23.8 Å². The smallest absolute Gasteiger partial charge is 0.304 e. The number of hydrogen-bond donors (Lipinski definition) is 3. The Labute approximate surface area is 213 Å². The SMILES string of the molecule is COc1c(C#N)cccc1-c1cc(C(C=NCc2cccc(C3(CC(=O)O)CCC3)n2)=NN)nc(N)n1. The number of hydrogen-bond acceptors (Lipinski definition) is 10. The molecule has 0 saturated heterocycles. The minimum atomic E-state index is -0.825. The van der Waals surface area contributed by atoms with Gasteiger partial charge in [-0.15, -0.1) is 0 Å². The molecule has 11 nitrogen and oxygen atoms in total. The van der Waals surface area contributed by atoms with Crippen molar-refractivity contribution in [2.45, 2.75) is 37.6 Å². The fourth-order valence-electron chi connectivity index (χ4n) is 4.45. The summed E-state index contributed by atoms with van der Waals surface area (Å²) in [5.41, 5.74) is 9.00. The first-order chi connectivity index (χ1) is 17.9. The van der Waals surface area contributed by atoms with Crippen LogP contribution in [0.3, 0.4) is 0 Å². The molecule has 37 heavy (non-hydrogen) atoms. The predicted octanol–water partition coefficient (Wildman–Crippen LogP) is 2.83. The van der Waals surface area contributed by atoms with Crippen molar-refractivity contribution in [2.75, 3.05) is 12.8 Å². The van der Waals surface area contributed by atoms with Crippen LogP contribution in [0.2, 0.25) is 0 Å². The van der Waals surface area contributed by atoms with Gasteiger partial charge in [0.25, 0.3) is 0 Å². The maximum Gasteiger partial charge on any atom is 0.304 e. The van der Waals surface area contributed by atoms with E-state index in [0.717, 1.165) is 25.0 Å². The number of nitrogens with zero attached hydrogens (tertiary/aromatic N) is 6. The number of para-hydroxylation sites is 1. The average Bonchev–Trinajstić information content (AvgIpc) is 2.87. The molecule has 1 aliphatic rings. The van der Waals surface area contributed by atoms with E-state index in [0.29, 0.717) is 34.0 Å². The van der Waals surface area contributed by atoms with Crippen molar-refractivity contribution in [3.8, 4) is 23.1 Å². The van der Waals surface area contributed by atoms with Crippen LogP contribution >= 0.6 is 0 Å². The van der Waals surface area contributed by atoms with Crippen molar-refractivity contribution in [2.24, 2.45) is 15.9 Å². The Morgan fingerprint density at radius 1 is 1.24 bits per heavy atom. The Morgan fingerprint density at radius 2 is 2.03 bits per heavy atom. The summed E-state index contributed by atoms with van der Waals surface area (Å²) in [5, 5.41) is 22.5. The molecule has 0 spiro atoms. The van der Waals surface area contributed by atoms with Gasteiger partial charge in [0.1, 0.15) is 17.5 Å². The number of carboxylic acids is 1. The van der Waals surface area contributed by atoms with Gasteiger partial charge >= 0.3 is 5.97 Å². The minimum absolute atomic E-state index is 0.00920. The number of methoxy groups -OCH3 is 1. The molecule has 188 valence electrons. The first-order valence-corrected chi connectivity index (χ1v) is 11.6. The number of carbonyl (C=O) groups is 1. The Hall–Kier alpha value is -4.85. The van der Waals surface area contributed by atoms with Crippen LogP contribution < -0.4 is 16.3 Å². The second-order valence-electron chi connectivity index (χ2n) is 8.70. The number of benzene rings is 1. The van der Waals surface area contributed by atoms with Crippen molar-refractivity contribution in [1.82, 2.24) is 15.0 Å². The Morgan fingerprint density at radius 3 is 2.68 bits per heavy atom. The highest BCUT2D eigenvalue weighted by atomic mass is 16.5. The van der Waals surface area contributed by atoms with E-state index in [1.54, 1.807) is 24.3 Å². The summed E-state index contributed by atoms with van der Waals surface area (Å²) in [5.74, 6) is 5.17. The molecule has 0 aliphatic heterocycles. The van der Waals surface area contributed by atoms with Crippen LogP contribution in [0.1, 0.15) is 48.3 Å². The second-order valence-corrected chi connectivity index (χ2v) is 8.70. The highest BCUT2D eigenvalue weighted by molar-refractivity contribution is 6.37. The van der Waals surface area contributed by atoms with Crippen LogP contribution in [-0.2, 0) is 16.8 Å². The monoisotopic (exact) mass is 498 g/mol. The zero-order chi connectivity index (χ0) is 26.4. The molecule has 1 fully saturated rings. The fraction of sp³-hybridized carbons (Fsp3) is 0.269. The summed E-state index contributed by atoms with van der Waals surface area (Å²) < 4.78 is 5.42. The summed E-state index contributed by atoms with van der Waals surface area (Å²) in [6, 6.07) is 14.4. The Kier molecular flexibility index (Phi) is 7.39. The van der Waals surface area contributed by atoms with E-state index in [-0.39, 0.29) is 24.6 Å². The van der Waals surface area contributed by atoms with Crippen LogP contribution in [0.4, 0.5) is 5.95 Å². The number of aliphatic imine (C=N–C) groups is 1. The molecule has 0 bridgehead atoms. The van der Waals surface area contributed by atoms with Crippen molar-refractivity contribution in [1.29, 1.82) is 5.26 Å². The molecule has 0 atom stereocenters. The first-order valence-electron chi connectivity index (χ1n) is 11.6. The summed E-state index contributed by atoms with van der Waals surface area (Å²) in [6.07, 6.45) is 4.14. The highest BCUT2D eigenvalue weighted by Gasteiger charge is 2.41. The van der Waals surface area contributed by atoms with Gasteiger partial charge in [-0.2, -0.15) is 10.4 Å². The number of nitrogen functional groups attached to an aromatic ring is 1. The van der Waals surface area contributed by atoms with Gasteiger partial charge in [-0.05, 0) is 43.2 Å². The molecule has 1 aliphatic carbocycles. The number of nitrogens with two attached hydrogens (primary N) is 2. The third-order valence-electron chi connectivity index (χ3n) is 6.38. The number of aromatic nitrogens is 3. The van der Waals surface area contributed by atoms with E-state index in [1.165, 1.54) is 13.3 Å². The predicted molar refractivity (Wildman–Crippen MR) is 138 cm³/mol. The first kappa shape index (κ1) is 25.2. The molecule has 4 rings (SSSR count). The summed E-state index contributed by atoms with van der Waals surface area (Å²) in [7, 11) is 1.47. The van der Waals surface area contributed by atoms with Gasteiger partial charge in [-0.1, -0.05) is 18.6 Å². The van der Waals surface area contributed by atoms with Gasteiger partial charge < -0.3 is 21.4 Å². The number of ether oxygens (including phenoxy) is 1. The van der Waals surface area contributed by atoms with Gasteiger partial charge in [-0.3, -0.25) is 14.8 Å². The third-order valence-corrected chi connectivity index (χ3v) is 6.38. The highest BCUT2D eigenvalue weighted by Crippen LogP contribution is 2.45. The minimum Gasteiger partial charge on any atom is -0.495 e. The largest absolute Gasteiger partial charge is 0.495 e. The van der Waals surface area contributed by atoms with Gasteiger partial charge in [0, 0.05) is 16.7 Å². The number of nitriles is 1. The van der Waals surface area contributed by atoms with Crippen LogP contribution in [0, 0.1) is 11.3 Å². The van der Waals surface area contributed by atoms with Crippen LogP contribution in [0.25, 0.3) is 11.3 Å². The molecule has 2 heterocycles. The lowest BCUT2D eigenvalue weighted by Gasteiger charge is -2.40. The number of carboxylic acid groups (broad SMARTS) is 1. The zero-order valence-corrected chi connectivity index (χ0v) is 20.3. The third kappa shape index (κ3) is 5.38. The molecule has 5 N–H and O–H groups in total. The van der Waals surface area contributed by atoms with Crippen LogP contribution in [0.15, 0.2) is 52.6 Å². The number of pyridine rings is 1. The lowest BCUT2D eigenvalue weighted by molar-refractivity contribution is -0.139. The average molecular weight is 499 g/mol. The van der Waals surface area contributed by atoms with Gasteiger partial charge in [0.05, 0.1) is 48.9 Å². The maximum atomic E-state index is 11.4. The summed E-state index contributed by atoms with van der Waals surface area (Å²) in [6.45, 7) is 0.238. The van der Waals surface area contributed by atoms with Gasteiger partial charge in [0.15, 0.2) is 0 Å². The maximum absolute atomic E-state index is 11.4. The topological polar surface area (TPSA) is 186 Å². The van der Waals surface area contributed by atoms with E-state index >= 15 is 0 Å². The molecule has 1 aromatic carbocycles. The van der Waals surface area contributed by atoms with Crippen molar-refractivity contribution < 1.29 is 14.6 Å². The molecule has 11 heteroatoms. The van der Waals surface area contributed by atoms with E-state index in [2.05, 4.69) is 31.1 Å². The molecule has 0 radical (unpaired) electrons. The quantitative estimate of drug-likeness (QED) is 0.226. The molecular weight excluding hydrogens is 472 g/mol. The Bertz CT molecular complexity index is 1420. The van der Waals surface area contributed by atoms with Crippen molar-refractivity contribution in [3.63, 3.8) is 0 Å². The normalized spacial score (nSPS) is 14.6. The van der Waals surface area contributed by atoms with Crippen molar-refractivity contribution in [3.05, 3.63) is 65.1 Å². The molecule has 0 unspecified atom stereocenters. The van der Waals surface area contributed by atoms with E-state index < -0.39 is 11.4 Å². The lowest BCUT2D eigenvalue weighted by atomic mass is 9.64. The summed E-state index contributed by atoms with van der Waals surface area (Å²) in [4.78, 5) is 29.0. The fourth-order valence-corrected chi connectivity index (χ4v) is 4.45. The molecule has 0 amide bonds. The molecule has 3 aromatic rings. The lowest BCUT2D eigenvalue weighted by Crippen LogP contribution is -2.37. The van der Waals surface area contributed by atoms with Gasteiger partial charge in [0.2, 0.25) is 5.95 Å². The number of anilines is 1. The molecule has 1 saturated carbocycles. The number of rotatable bonds is 9. The zero-order valence-electron chi connectivity index (χ0n) is 20.3. The molecular formula is C26H26N8O3. The molecule has 2 aromatic heterocycles.